The van der Waals surface area contributed by atoms with Crippen LogP contribution in [-0.2, 0) is 21.4 Å². The van der Waals surface area contributed by atoms with Crippen LogP contribution in [0.4, 0.5) is 4.39 Å². The van der Waals surface area contributed by atoms with Gasteiger partial charge in [-0.25, -0.2) is 17.5 Å². The molecule has 5 nitrogen and oxygen atoms in total. The summed E-state index contributed by atoms with van der Waals surface area (Å²) in [4.78, 5) is 12.5. The Labute approximate surface area is 163 Å². The molecule has 3 aromatic rings. The van der Waals surface area contributed by atoms with Crippen LogP contribution >= 0.6 is 0 Å². The average Bonchev–Trinajstić information content (AvgIpc) is 2.65. The van der Waals surface area contributed by atoms with Crippen LogP contribution in [0.25, 0.3) is 10.8 Å². The van der Waals surface area contributed by atoms with Crippen molar-refractivity contribution in [3.63, 3.8) is 0 Å². The lowest BCUT2D eigenvalue weighted by Crippen LogP contribution is -2.33. The maximum Gasteiger partial charge on any atom is 0.222 e. The second-order valence-electron chi connectivity index (χ2n) is 6.61. The highest BCUT2D eigenvalue weighted by atomic mass is 32.2. The fourth-order valence-corrected chi connectivity index (χ4v) is 3.82. The van der Waals surface area contributed by atoms with Crippen molar-refractivity contribution in [3.8, 4) is 0 Å². The monoisotopic (exact) mass is 400 g/mol. The van der Waals surface area contributed by atoms with Gasteiger partial charge in [-0.1, -0.05) is 54.6 Å². The molecule has 1 atom stereocenters. The zero-order valence-electron chi connectivity index (χ0n) is 15.4. The van der Waals surface area contributed by atoms with Crippen LogP contribution in [0.1, 0.15) is 23.6 Å². The number of hydrogen-bond donors (Lipinski definition) is 2. The molecule has 28 heavy (non-hydrogen) atoms. The van der Waals surface area contributed by atoms with Crippen LogP contribution < -0.4 is 10.0 Å². The lowest BCUT2D eigenvalue weighted by Gasteiger charge is -2.18. The summed E-state index contributed by atoms with van der Waals surface area (Å²) in [6, 6.07) is 18.4. The van der Waals surface area contributed by atoms with Crippen LogP contribution in [0.3, 0.4) is 0 Å². The highest BCUT2D eigenvalue weighted by Crippen LogP contribution is 2.20. The predicted molar refractivity (Wildman–Crippen MR) is 108 cm³/mol. The molecule has 3 aromatic carbocycles. The largest absolute Gasteiger partial charge is 0.352 e. The van der Waals surface area contributed by atoms with E-state index in [1.807, 2.05) is 42.5 Å². The number of rotatable bonds is 7. The van der Waals surface area contributed by atoms with Crippen molar-refractivity contribution in [2.75, 3.05) is 6.26 Å². The summed E-state index contributed by atoms with van der Waals surface area (Å²) < 4.78 is 39.0. The van der Waals surface area contributed by atoms with Gasteiger partial charge in [0.25, 0.3) is 0 Å². The van der Waals surface area contributed by atoms with Gasteiger partial charge in [0.05, 0.1) is 12.3 Å². The van der Waals surface area contributed by atoms with Crippen molar-refractivity contribution in [3.05, 3.63) is 83.7 Å². The van der Waals surface area contributed by atoms with E-state index >= 15 is 0 Å². The second kappa shape index (κ2) is 8.50. The summed E-state index contributed by atoms with van der Waals surface area (Å²) in [6.07, 6.45) is 0.932. The molecule has 0 saturated heterocycles. The van der Waals surface area contributed by atoms with Crippen molar-refractivity contribution in [1.82, 2.24) is 10.0 Å². The Morgan fingerprint density at radius 2 is 1.68 bits per heavy atom. The van der Waals surface area contributed by atoms with Gasteiger partial charge in [-0.05, 0) is 34.0 Å². The summed E-state index contributed by atoms with van der Waals surface area (Å²) in [6.45, 7) is 0.329. The van der Waals surface area contributed by atoms with Gasteiger partial charge in [-0.2, -0.15) is 0 Å². The standard InChI is InChI=1S/C21H21FN2O3S/c1-28(26,27)24-20(16-9-11-18(22)12-10-16)13-21(25)23-14-17-7-4-6-15-5-2-3-8-19(15)17/h2-12,20,24H,13-14H2,1H3,(H,23,25). The smallest absolute Gasteiger partial charge is 0.222 e. The van der Waals surface area contributed by atoms with E-state index < -0.39 is 21.9 Å². The van der Waals surface area contributed by atoms with E-state index in [0.717, 1.165) is 22.6 Å². The third-order valence-electron chi connectivity index (χ3n) is 4.37. The third-order valence-corrected chi connectivity index (χ3v) is 5.09. The Morgan fingerprint density at radius 1 is 1.00 bits per heavy atom. The number of sulfonamides is 1. The van der Waals surface area contributed by atoms with E-state index in [4.69, 9.17) is 0 Å². The molecule has 1 amide bonds. The van der Waals surface area contributed by atoms with Crippen molar-refractivity contribution >= 4 is 26.7 Å². The number of fused-ring (bicyclic) bond motifs is 1. The highest BCUT2D eigenvalue weighted by Gasteiger charge is 2.20. The first-order valence-electron chi connectivity index (χ1n) is 8.78. The van der Waals surface area contributed by atoms with E-state index in [9.17, 15) is 17.6 Å². The molecule has 0 aliphatic rings. The van der Waals surface area contributed by atoms with Crippen molar-refractivity contribution in [2.45, 2.75) is 19.0 Å². The zero-order valence-corrected chi connectivity index (χ0v) is 16.2. The van der Waals surface area contributed by atoms with E-state index in [1.54, 1.807) is 0 Å². The van der Waals surface area contributed by atoms with Crippen LogP contribution in [0, 0.1) is 5.82 Å². The molecule has 146 valence electrons. The Bertz CT molecular complexity index is 1080. The fraction of sp³-hybridized carbons (Fsp3) is 0.190. The molecule has 7 heteroatoms. The Morgan fingerprint density at radius 3 is 2.39 bits per heavy atom. The lowest BCUT2D eigenvalue weighted by molar-refractivity contribution is -0.121. The van der Waals surface area contributed by atoms with Gasteiger partial charge in [-0.3, -0.25) is 4.79 Å². The molecule has 0 aromatic heterocycles. The first-order valence-corrected chi connectivity index (χ1v) is 10.7. The van der Waals surface area contributed by atoms with Gasteiger partial charge in [0.2, 0.25) is 15.9 Å². The summed E-state index contributed by atoms with van der Waals surface area (Å²) >= 11 is 0. The Balaban J connectivity index is 1.72. The van der Waals surface area contributed by atoms with E-state index in [-0.39, 0.29) is 12.3 Å². The highest BCUT2D eigenvalue weighted by molar-refractivity contribution is 7.88. The molecule has 0 spiro atoms. The fourth-order valence-electron chi connectivity index (χ4n) is 3.08. The molecule has 0 aliphatic heterocycles. The first kappa shape index (κ1) is 20.0. The van der Waals surface area contributed by atoms with Crippen LogP contribution in [0.15, 0.2) is 66.7 Å². The minimum absolute atomic E-state index is 0.0938. The number of carbonyl (C=O) groups is 1. The van der Waals surface area contributed by atoms with E-state index in [1.165, 1.54) is 24.3 Å². The lowest BCUT2D eigenvalue weighted by atomic mass is 10.0. The van der Waals surface area contributed by atoms with Gasteiger partial charge >= 0.3 is 0 Å². The predicted octanol–water partition coefficient (Wildman–Crippen LogP) is 3.28. The van der Waals surface area contributed by atoms with Crippen LogP contribution in [0.2, 0.25) is 0 Å². The molecule has 0 saturated carbocycles. The summed E-state index contributed by atoms with van der Waals surface area (Å²) in [5, 5.41) is 4.97. The summed E-state index contributed by atoms with van der Waals surface area (Å²) in [5.74, 6) is -0.735. The second-order valence-corrected chi connectivity index (χ2v) is 8.39. The molecule has 0 bridgehead atoms. The summed E-state index contributed by atoms with van der Waals surface area (Å²) in [5.41, 5.74) is 1.49. The van der Waals surface area contributed by atoms with Gasteiger partial charge in [0.15, 0.2) is 0 Å². The molecule has 0 radical (unpaired) electrons. The number of nitrogens with one attached hydrogen (secondary N) is 2. The number of halogens is 1. The van der Waals surface area contributed by atoms with Gasteiger partial charge < -0.3 is 5.32 Å². The number of carbonyl (C=O) groups excluding carboxylic acids is 1. The third kappa shape index (κ3) is 5.37. The Hall–Kier alpha value is -2.77. The van der Waals surface area contributed by atoms with Gasteiger partial charge in [0.1, 0.15) is 5.82 Å². The minimum Gasteiger partial charge on any atom is -0.352 e. The van der Waals surface area contributed by atoms with Crippen LogP contribution in [-0.4, -0.2) is 20.6 Å². The van der Waals surface area contributed by atoms with Gasteiger partial charge in [0, 0.05) is 13.0 Å². The minimum atomic E-state index is -3.55. The van der Waals surface area contributed by atoms with Crippen molar-refractivity contribution < 1.29 is 17.6 Å². The normalized spacial score (nSPS) is 12.6. The topological polar surface area (TPSA) is 75.3 Å². The molecule has 1 unspecified atom stereocenters. The van der Waals surface area contributed by atoms with Crippen molar-refractivity contribution in [2.24, 2.45) is 0 Å². The van der Waals surface area contributed by atoms with Crippen molar-refractivity contribution in [1.29, 1.82) is 0 Å². The number of hydrogen-bond acceptors (Lipinski definition) is 3. The molecule has 0 aliphatic carbocycles. The maximum atomic E-state index is 13.2. The van der Waals surface area contributed by atoms with E-state index in [2.05, 4.69) is 10.0 Å². The molecule has 3 rings (SSSR count). The number of amides is 1. The zero-order chi connectivity index (χ0) is 20.1. The SMILES string of the molecule is CS(=O)(=O)NC(CC(=O)NCc1cccc2ccccc12)c1ccc(F)cc1. The molecule has 2 N–H and O–H groups in total. The van der Waals surface area contributed by atoms with Crippen LogP contribution in [0.5, 0.6) is 0 Å². The molecule has 0 fully saturated rings. The quantitative estimate of drug-likeness (QED) is 0.639. The van der Waals surface area contributed by atoms with E-state index in [0.29, 0.717) is 12.1 Å². The molecule has 0 heterocycles. The Kier molecular flexibility index (Phi) is 6.06. The molecular weight excluding hydrogens is 379 g/mol. The number of benzene rings is 3. The first-order chi connectivity index (χ1) is 13.3. The summed E-state index contributed by atoms with van der Waals surface area (Å²) in [7, 11) is -3.55. The molecular formula is C21H21FN2O3S. The van der Waals surface area contributed by atoms with Gasteiger partial charge in [-0.15, -0.1) is 0 Å². The maximum absolute atomic E-state index is 13.2. The average molecular weight is 400 g/mol.